The van der Waals surface area contributed by atoms with Gasteiger partial charge in [0.1, 0.15) is 29.9 Å². The first-order valence-electron chi connectivity index (χ1n) is 48.6. The SMILES string of the molecule is Cc1ccc2ccnc(NCC(=O)NC3CN(C4CCC(C5CCCCO5)CC4)C3)c2c1.Cc1ccc2ccnc(NCC(=O)NC3CN(C4CCC(C5CCCO5)CC4)C3)c2c1.O=C(CNc1nccc2ccc(C(F)(F)F)cc12)NC1CN(C2CCC(C3CCOC(=O)N3)CC2)C1.O=C(CNc1nccc2ccc(C(F)(F)F)cc12)NC1CN(C2CCC(C3COC(=O)N3)CC2)C1. The molecule has 10 N–H and O–H groups in total. The van der Waals surface area contributed by atoms with Gasteiger partial charge in [0.25, 0.3) is 0 Å². The largest absolute Gasteiger partial charge is 0.449 e. The first kappa shape index (κ1) is 95.2. The molecule has 0 bridgehead atoms. The highest BCUT2D eigenvalue weighted by molar-refractivity contribution is 5.97. The second-order valence-electron chi connectivity index (χ2n) is 39.0. The van der Waals surface area contributed by atoms with Crippen LogP contribution in [0.25, 0.3) is 43.1 Å². The molecule has 20 rings (SSSR count). The number of pyridine rings is 4. The first-order valence-corrected chi connectivity index (χ1v) is 48.6. The zero-order chi connectivity index (χ0) is 93.0. The molecular formula is C100H128F6N18O10. The van der Waals surface area contributed by atoms with Gasteiger partial charge in [-0.2, -0.15) is 26.3 Å². The number of carbonyl (C=O) groups is 6. The van der Waals surface area contributed by atoms with Crippen molar-refractivity contribution in [2.75, 3.05) is 126 Å². The third-order valence-electron chi connectivity index (χ3n) is 29.9. The lowest BCUT2D eigenvalue weighted by atomic mass is 9.79. The number of ether oxygens (including phenoxy) is 4. The van der Waals surface area contributed by atoms with Crippen molar-refractivity contribution in [3.63, 3.8) is 0 Å². The summed E-state index contributed by atoms with van der Waals surface area (Å²) in [7, 11) is 0. The molecule has 4 aliphatic carbocycles. The Labute approximate surface area is 777 Å². The van der Waals surface area contributed by atoms with Gasteiger partial charge in [0.05, 0.1) is 86.3 Å². The van der Waals surface area contributed by atoms with E-state index in [2.05, 4.69) is 143 Å². The van der Waals surface area contributed by atoms with Crippen LogP contribution in [0, 0.1) is 37.5 Å². The standard InChI is InChI=1S/C26H36N4O2.C25H30F3N5O3.C25H34N4O2.C24H28F3N5O3/c1-18-5-6-19-11-12-27-26(23(19)14-18)28-15-25(31)29-21-16-30(17-21)22-9-7-20(8-10-22)24-4-2-3-13-32-24;26-25(27,28)17-4-1-15-7-9-29-23(20(15)11-17)30-12-22(34)31-18-13-33(14-18)19-5-2-16(3-6-19)21-8-10-36-24(35)32-21;1-17-4-5-18-10-11-26-25(22(18)13-17)27-14-24(30)28-20-15-29(16-20)21-8-6-19(7-9-21)23-3-2-12-31-23;25-24(26,27)16-4-1-14-7-8-28-22(19(14)9-16)29-10-21(33)30-17-11-32(12-17)18-5-2-15(3-6-18)20-13-35-23(34)31-20/h5-6,11-12,14,20-22,24H,2-4,7-10,13,15-17H2,1H3,(H,27,28)(H,29,31);1,4,7,9,11,16,18-19,21H,2-3,5-6,8,10,12-14H2,(H,29,30)(H,31,34)(H,32,35);4-5,10-11,13,19-21,23H,2-3,6-9,12,14-16H2,1H3,(H,26,27)(H,28,30);1,4,7-9,15,17-18,20H,2-3,5-6,10-13H2,(H,28,29)(H,30,33)(H,31,34). The third kappa shape index (κ3) is 24.6. The van der Waals surface area contributed by atoms with E-state index in [4.69, 9.17) is 18.9 Å². The fourth-order valence-electron chi connectivity index (χ4n) is 22.3. The van der Waals surface area contributed by atoms with Gasteiger partial charge < -0.3 is 72.1 Å². The molecule has 8 saturated heterocycles. The van der Waals surface area contributed by atoms with E-state index in [1.165, 1.54) is 119 Å². The minimum Gasteiger partial charge on any atom is -0.449 e. The smallest absolute Gasteiger partial charge is 0.416 e. The Morgan fingerprint density at radius 1 is 0.358 bits per heavy atom. The molecule has 12 fully saturated rings. The number of benzene rings is 4. The third-order valence-corrected chi connectivity index (χ3v) is 29.9. The van der Waals surface area contributed by atoms with Crippen LogP contribution in [0.3, 0.4) is 0 Å². The zero-order valence-corrected chi connectivity index (χ0v) is 76.6. The molecule has 6 amide bonds. The number of cyclic esters (lactones) is 2. The van der Waals surface area contributed by atoms with Crippen LogP contribution in [0.5, 0.6) is 0 Å². The summed E-state index contributed by atoms with van der Waals surface area (Å²) in [5.74, 6) is 4.17. The highest BCUT2D eigenvalue weighted by Gasteiger charge is 2.44. The number of anilines is 4. The molecular weight excluding hydrogens is 1730 g/mol. The van der Waals surface area contributed by atoms with E-state index in [1.54, 1.807) is 24.5 Å². The van der Waals surface area contributed by atoms with Crippen LogP contribution in [-0.2, 0) is 50.5 Å². The Kier molecular flexibility index (Phi) is 31.0. The van der Waals surface area contributed by atoms with E-state index >= 15 is 0 Å². The lowest BCUT2D eigenvalue weighted by Gasteiger charge is -2.47. The number of halogens is 6. The van der Waals surface area contributed by atoms with Crippen LogP contribution in [0.4, 0.5) is 59.2 Å². The normalized spacial score (nSPS) is 26.3. The molecule has 12 heterocycles. The molecule has 4 aromatic carbocycles. The van der Waals surface area contributed by atoms with Crippen molar-refractivity contribution in [3.05, 3.63) is 144 Å². The maximum atomic E-state index is 13.1. The highest BCUT2D eigenvalue weighted by Crippen LogP contribution is 2.42. The number of amides is 6. The van der Waals surface area contributed by atoms with E-state index < -0.39 is 23.5 Å². The molecule has 4 aromatic heterocycles. The van der Waals surface area contributed by atoms with Crippen molar-refractivity contribution in [1.29, 1.82) is 0 Å². The molecule has 720 valence electrons. The summed E-state index contributed by atoms with van der Waals surface area (Å²) < 4.78 is 100. The van der Waals surface area contributed by atoms with Gasteiger partial charge in [0.2, 0.25) is 23.6 Å². The molecule has 28 nitrogen and oxygen atoms in total. The number of aromatic nitrogens is 4. The molecule has 4 saturated carbocycles. The predicted molar refractivity (Wildman–Crippen MR) is 501 cm³/mol. The van der Waals surface area contributed by atoms with Gasteiger partial charge in [-0.1, -0.05) is 47.5 Å². The number of aryl methyl sites for hydroxylation is 2. The minimum absolute atomic E-state index is 0.0400. The minimum atomic E-state index is -4.45. The molecule has 34 heteroatoms. The maximum absolute atomic E-state index is 13.1. The van der Waals surface area contributed by atoms with Crippen LogP contribution in [0.15, 0.2) is 122 Å². The molecule has 8 aromatic rings. The van der Waals surface area contributed by atoms with Crippen LogP contribution >= 0.6 is 0 Å². The second-order valence-corrected chi connectivity index (χ2v) is 39.0. The Bertz CT molecular complexity index is 5360. The topological polar surface area (TPSA) is 324 Å². The average molecular weight is 1860 g/mol. The summed E-state index contributed by atoms with van der Waals surface area (Å²) in [5, 5.41) is 36.7. The fraction of sp³-hybridized carbons (Fsp3) is 0.580. The van der Waals surface area contributed by atoms with E-state index in [-0.39, 0.29) is 110 Å². The lowest BCUT2D eigenvalue weighted by Crippen LogP contribution is -2.63. The summed E-state index contributed by atoms with van der Waals surface area (Å²) in [6.45, 7) is 14.4. The number of alkyl halides is 6. The van der Waals surface area contributed by atoms with E-state index in [0.717, 1.165) is 193 Å². The summed E-state index contributed by atoms with van der Waals surface area (Å²) in [6.07, 6.45) is 24.1. The summed E-state index contributed by atoms with van der Waals surface area (Å²) in [5.41, 5.74) is 0.868. The number of fused-ring (bicyclic) bond motifs is 4. The van der Waals surface area contributed by atoms with Crippen molar-refractivity contribution < 1.29 is 74.1 Å². The van der Waals surface area contributed by atoms with Crippen molar-refractivity contribution in [2.45, 2.75) is 240 Å². The van der Waals surface area contributed by atoms with Crippen molar-refractivity contribution in [1.82, 2.24) is 71.4 Å². The van der Waals surface area contributed by atoms with Gasteiger partial charge in [0.15, 0.2) is 0 Å². The number of carbonyl (C=O) groups excluding carboxylic acids is 6. The Morgan fingerprint density at radius 2 is 0.672 bits per heavy atom. The predicted octanol–water partition coefficient (Wildman–Crippen LogP) is 14.0. The number of alkyl carbamates (subject to hydrolysis) is 2. The van der Waals surface area contributed by atoms with Crippen LogP contribution < -0.4 is 53.2 Å². The van der Waals surface area contributed by atoms with E-state index in [9.17, 15) is 55.1 Å². The number of hydrogen-bond donors (Lipinski definition) is 10. The number of nitrogens with one attached hydrogen (secondary N) is 10. The van der Waals surface area contributed by atoms with E-state index in [1.807, 2.05) is 12.1 Å². The molecule has 0 spiro atoms. The van der Waals surface area contributed by atoms with Gasteiger partial charge >= 0.3 is 24.5 Å². The first-order chi connectivity index (χ1) is 64.8. The maximum Gasteiger partial charge on any atom is 0.416 e. The Morgan fingerprint density at radius 3 is 0.985 bits per heavy atom. The van der Waals surface area contributed by atoms with Crippen molar-refractivity contribution in [3.8, 4) is 0 Å². The fourth-order valence-corrected chi connectivity index (χ4v) is 22.3. The zero-order valence-electron chi connectivity index (χ0n) is 76.6. The summed E-state index contributed by atoms with van der Waals surface area (Å²) >= 11 is 0. The molecule has 134 heavy (non-hydrogen) atoms. The van der Waals surface area contributed by atoms with Crippen LogP contribution in [0.2, 0.25) is 0 Å². The summed E-state index contributed by atoms with van der Waals surface area (Å²) in [6, 6.07) is 30.2. The Hall–Kier alpha value is -10.5. The Balaban J connectivity index is 0.000000125. The number of rotatable bonds is 24. The number of hydrogen-bond acceptors (Lipinski definition) is 22. The van der Waals surface area contributed by atoms with Gasteiger partial charge in [-0.15, -0.1) is 0 Å². The van der Waals surface area contributed by atoms with Crippen LogP contribution in [-0.4, -0.2) is 253 Å². The lowest BCUT2D eigenvalue weighted by molar-refractivity contribution is -0.138. The van der Waals surface area contributed by atoms with Crippen molar-refractivity contribution >= 4 is 102 Å². The quantitative estimate of drug-likeness (QED) is 0.0251. The van der Waals surface area contributed by atoms with Gasteiger partial charge in [0, 0.05) is 149 Å². The van der Waals surface area contributed by atoms with Gasteiger partial charge in [-0.3, -0.25) is 38.8 Å². The molecule has 4 unspecified atom stereocenters. The molecule has 12 aliphatic rings. The monoisotopic (exact) mass is 1850 g/mol. The van der Waals surface area contributed by atoms with Gasteiger partial charge in [-0.25, -0.2) is 29.5 Å². The number of likely N-dealkylation sites (tertiary alicyclic amines) is 4. The second kappa shape index (κ2) is 43.7. The summed E-state index contributed by atoms with van der Waals surface area (Å²) in [4.78, 5) is 99.6. The highest BCUT2D eigenvalue weighted by atomic mass is 19.4. The van der Waals surface area contributed by atoms with E-state index in [0.29, 0.717) is 83.0 Å². The molecule has 8 aliphatic heterocycles. The molecule has 4 atom stereocenters. The van der Waals surface area contributed by atoms with Crippen LogP contribution in [0.1, 0.15) is 164 Å². The van der Waals surface area contributed by atoms with Gasteiger partial charge in [-0.05, 0) is 255 Å². The number of nitrogens with zero attached hydrogens (tertiary/aromatic N) is 8. The van der Waals surface area contributed by atoms with Crippen molar-refractivity contribution in [2.24, 2.45) is 23.7 Å². The average Bonchev–Trinajstić information content (AvgIpc) is 1.30. The molecule has 0 radical (unpaired) electrons.